The topological polar surface area (TPSA) is 70.7 Å². The molecule has 0 bridgehead atoms. The number of nitrogens with zero attached hydrogens (tertiary/aromatic N) is 3. The van der Waals surface area contributed by atoms with E-state index in [1.807, 2.05) is 30.3 Å². The van der Waals surface area contributed by atoms with Crippen molar-refractivity contribution in [1.29, 1.82) is 0 Å². The lowest BCUT2D eigenvalue weighted by molar-refractivity contribution is -0.941. The van der Waals surface area contributed by atoms with Crippen LogP contribution in [0.15, 0.2) is 47.3 Å². The standard InChI is InChI=1S/C21H22N4O3/c26-21-16-5-1-2-6-17(16)22-23-25(21)14-24-10-3-7-18(24)15-8-9-19-20(13-15)28-12-4-11-27-19/h1-2,5-6,8-9,13,18H,3-4,7,10-12,14H2/p+1/t18-/m1/s1. The van der Waals surface area contributed by atoms with Crippen LogP contribution in [0.2, 0.25) is 0 Å². The van der Waals surface area contributed by atoms with Gasteiger partial charge in [0.25, 0.3) is 5.56 Å². The molecule has 2 aliphatic rings. The predicted molar refractivity (Wildman–Crippen MR) is 104 cm³/mol. The molecule has 0 radical (unpaired) electrons. The lowest BCUT2D eigenvalue weighted by Crippen LogP contribution is -3.09. The fourth-order valence-electron chi connectivity index (χ4n) is 4.22. The molecule has 2 aliphatic heterocycles. The quantitative estimate of drug-likeness (QED) is 0.744. The summed E-state index contributed by atoms with van der Waals surface area (Å²) < 4.78 is 13.1. The van der Waals surface area contributed by atoms with E-state index in [4.69, 9.17) is 9.47 Å². The molecule has 3 heterocycles. The minimum atomic E-state index is -0.0811. The summed E-state index contributed by atoms with van der Waals surface area (Å²) in [6.07, 6.45) is 3.09. The van der Waals surface area contributed by atoms with Crippen molar-refractivity contribution in [1.82, 2.24) is 15.0 Å². The van der Waals surface area contributed by atoms with Crippen molar-refractivity contribution in [3.63, 3.8) is 0 Å². The number of quaternary nitrogens is 1. The van der Waals surface area contributed by atoms with Crippen LogP contribution < -0.4 is 19.9 Å². The van der Waals surface area contributed by atoms with Crippen LogP contribution in [0, 0.1) is 0 Å². The van der Waals surface area contributed by atoms with E-state index in [1.165, 1.54) is 15.1 Å². The molecule has 5 rings (SSSR count). The highest BCUT2D eigenvalue weighted by Gasteiger charge is 2.31. The number of hydrogen-bond acceptors (Lipinski definition) is 5. The van der Waals surface area contributed by atoms with Crippen molar-refractivity contribution in [2.75, 3.05) is 19.8 Å². The smallest absolute Gasteiger partial charge is 0.282 e. The van der Waals surface area contributed by atoms with Gasteiger partial charge in [-0.05, 0) is 30.3 Å². The molecule has 1 fully saturated rings. The van der Waals surface area contributed by atoms with E-state index >= 15 is 0 Å². The molecule has 0 spiro atoms. The number of nitrogens with one attached hydrogen (secondary N) is 1. The van der Waals surface area contributed by atoms with E-state index in [2.05, 4.69) is 22.4 Å². The Labute approximate surface area is 162 Å². The van der Waals surface area contributed by atoms with Gasteiger partial charge in [0.05, 0.1) is 25.1 Å². The third kappa shape index (κ3) is 3.11. The zero-order valence-electron chi connectivity index (χ0n) is 15.6. The van der Waals surface area contributed by atoms with E-state index < -0.39 is 0 Å². The lowest BCUT2D eigenvalue weighted by atomic mass is 10.0. The van der Waals surface area contributed by atoms with Crippen molar-refractivity contribution in [3.8, 4) is 11.5 Å². The fraction of sp³-hybridized carbons (Fsp3) is 0.381. The molecule has 0 aliphatic carbocycles. The van der Waals surface area contributed by atoms with Crippen LogP contribution in [0.25, 0.3) is 10.9 Å². The molecule has 7 heteroatoms. The highest BCUT2D eigenvalue weighted by Crippen LogP contribution is 2.33. The van der Waals surface area contributed by atoms with Crippen molar-refractivity contribution in [2.24, 2.45) is 0 Å². The summed E-state index contributed by atoms with van der Waals surface area (Å²) in [6, 6.07) is 13.9. The van der Waals surface area contributed by atoms with Gasteiger partial charge < -0.3 is 14.4 Å². The molecule has 7 nitrogen and oxygen atoms in total. The SMILES string of the molecule is O=c1c2ccccc2nnn1C[NH+]1CCC[C@@H]1c1ccc2c(c1)OCCCO2. The Morgan fingerprint density at radius 1 is 1.07 bits per heavy atom. The number of benzene rings is 2. The molecule has 3 aromatic rings. The van der Waals surface area contributed by atoms with E-state index in [0.717, 1.165) is 37.3 Å². The Morgan fingerprint density at radius 2 is 1.93 bits per heavy atom. The number of aromatic nitrogens is 3. The fourth-order valence-corrected chi connectivity index (χ4v) is 4.22. The van der Waals surface area contributed by atoms with Gasteiger partial charge in [0.1, 0.15) is 11.6 Å². The van der Waals surface area contributed by atoms with Crippen molar-refractivity contribution in [2.45, 2.75) is 32.0 Å². The first-order chi connectivity index (χ1) is 13.8. The summed E-state index contributed by atoms with van der Waals surface area (Å²) in [5.74, 6) is 1.64. The second-order valence-electron chi connectivity index (χ2n) is 7.43. The number of fused-ring (bicyclic) bond motifs is 2. The van der Waals surface area contributed by atoms with E-state index in [1.54, 1.807) is 0 Å². The Kier molecular flexibility index (Phi) is 4.44. The van der Waals surface area contributed by atoms with Gasteiger partial charge in [0.15, 0.2) is 18.2 Å². The van der Waals surface area contributed by atoms with Gasteiger partial charge in [-0.1, -0.05) is 17.3 Å². The number of rotatable bonds is 3. The second kappa shape index (κ2) is 7.24. The van der Waals surface area contributed by atoms with Crippen LogP contribution in [0.5, 0.6) is 11.5 Å². The van der Waals surface area contributed by atoms with Crippen LogP contribution in [-0.2, 0) is 6.67 Å². The minimum absolute atomic E-state index is 0.0811. The Balaban J connectivity index is 1.43. The molecule has 1 aromatic heterocycles. The number of ether oxygens (including phenoxy) is 2. The first-order valence-electron chi connectivity index (χ1n) is 9.86. The minimum Gasteiger partial charge on any atom is -0.490 e. The summed E-state index contributed by atoms with van der Waals surface area (Å²) >= 11 is 0. The van der Waals surface area contributed by atoms with E-state index in [0.29, 0.717) is 36.8 Å². The van der Waals surface area contributed by atoms with Gasteiger partial charge in [-0.15, -0.1) is 5.10 Å². The Bertz CT molecular complexity index is 1060. The van der Waals surface area contributed by atoms with Crippen molar-refractivity contribution < 1.29 is 14.4 Å². The maximum Gasteiger partial charge on any atom is 0.282 e. The average Bonchev–Trinajstić information content (AvgIpc) is 3.06. The van der Waals surface area contributed by atoms with Gasteiger partial charge in [-0.25, -0.2) is 0 Å². The summed E-state index contributed by atoms with van der Waals surface area (Å²) in [6.45, 7) is 2.88. The normalized spacial score (nSPS) is 21.6. The summed E-state index contributed by atoms with van der Waals surface area (Å²) in [5.41, 5.74) is 1.78. The van der Waals surface area contributed by atoms with Crippen molar-refractivity contribution >= 4 is 10.9 Å². The molecule has 2 aromatic carbocycles. The highest BCUT2D eigenvalue weighted by atomic mass is 16.5. The van der Waals surface area contributed by atoms with Gasteiger partial charge in [-0.3, -0.25) is 4.79 Å². The zero-order valence-corrected chi connectivity index (χ0v) is 15.6. The molecule has 1 N–H and O–H groups in total. The van der Waals surface area contributed by atoms with Gasteiger partial charge in [0, 0.05) is 24.8 Å². The van der Waals surface area contributed by atoms with Crippen molar-refractivity contribution in [3.05, 3.63) is 58.4 Å². The van der Waals surface area contributed by atoms with Gasteiger partial charge in [-0.2, -0.15) is 4.68 Å². The summed E-state index contributed by atoms with van der Waals surface area (Å²) in [5, 5.41) is 9.00. The summed E-state index contributed by atoms with van der Waals surface area (Å²) in [7, 11) is 0. The predicted octanol–water partition coefficient (Wildman–Crippen LogP) is 1.33. The van der Waals surface area contributed by atoms with E-state index in [-0.39, 0.29) is 5.56 Å². The van der Waals surface area contributed by atoms with Crippen LogP contribution in [0.4, 0.5) is 0 Å². The van der Waals surface area contributed by atoms with Crippen LogP contribution in [-0.4, -0.2) is 34.8 Å². The highest BCUT2D eigenvalue weighted by molar-refractivity contribution is 5.76. The Hall–Kier alpha value is -2.93. The molecule has 0 saturated carbocycles. The van der Waals surface area contributed by atoms with E-state index in [9.17, 15) is 4.79 Å². The third-order valence-electron chi connectivity index (χ3n) is 5.64. The molecule has 1 saturated heterocycles. The first-order valence-corrected chi connectivity index (χ1v) is 9.86. The average molecular weight is 379 g/mol. The van der Waals surface area contributed by atoms with Crippen LogP contribution >= 0.6 is 0 Å². The molecule has 1 unspecified atom stereocenters. The molecular weight excluding hydrogens is 356 g/mol. The molecule has 0 amide bonds. The molecular formula is C21H23N4O3+. The number of hydrogen-bond donors (Lipinski definition) is 1. The summed E-state index contributed by atoms with van der Waals surface area (Å²) in [4.78, 5) is 14.1. The molecule has 28 heavy (non-hydrogen) atoms. The second-order valence-corrected chi connectivity index (χ2v) is 7.43. The molecule has 2 atom stereocenters. The monoisotopic (exact) mass is 379 g/mol. The number of likely N-dealkylation sites (tertiary alicyclic amines) is 1. The molecule has 144 valence electrons. The maximum atomic E-state index is 12.8. The largest absolute Gasteiger partial charge is 0.490 e. The third-order valence-corrected chi connectivity index (χ3v) is 5.64. The van der Waals surface area contributed by atoms with Crippen LogP contribution in [0.1, 0.15) is 30.9 Å². The van der Waals surface area contributed by atoms with Crippen LogP contribution in [0.3, 0.4) is 0 Å². The van der Waals surface area contributed by atoms with Gasteiger partial charge >= 0.3 is 0 Å². The lowest BCUT2D eigenvalue weighted by Gasteiger charge is -2.22. The first kappa shape index (κ1) is 17.2. The maximum absolute atomic E-state index is 12.8. The zero-order chi connectivity index (χ0) is 18.9. The van der Waals surface area contributed by atoms with Gasteiger partial charge in [0.2, 0.25) is 0 Å². The Morgan fingerprint density at radius 3 is 2.86 bits per heavy atom.